The number of nitrogens with one attached hydrogen (secondary N) is 2. The summed E-state index contributed by atoms with van der Waals surface area (Å²) in [4.78, 5) is 24.4. The van der Waals surface area contributed by atoms with Crippen molar-refractivity contribution in [3.05, 3.63) is 60.2 Å². The van der Waals surface area contributed by atoms with Crippen LogP contribution < -0.4 is 10.6 Å². The molecule has 0 fully saturated rings. The number of hydrogen-bond donors (Lipinski definition) is 2. The van der Waals surface area contributed by atoms with E-state index in [0.717, 1.165) is 11.1 Å². The van der Waals surface area contributed by atoms with Gasteiger partial charge in [-0.05, 0) is 29.0 Å². The summed E-state index contributed by atoms with van der Waals surface area (Å²) in [6.07, 6.45) is 0.638. The Morgan fingerprint density at radius 3 is 1.96 bits per heavy atom. The molecular weight excluding hydrogens is 324 g/mol. The van der Waals surface area contributed by atoms with E-state index in [0.29, 0.717) is 6.42 Å². The molecule has 0 spiro atoms. The van der Waals surface area contributed by atoms with Crippen molar-refractivity contribution in [2.75, 3.05) is 7.05 Å². The molecule has 2 atom stereocenters. The number of hydrogen-bond acceptors (Lipinski definition) is 2. The second-order valence-electron chi connectivity index (χ2n) is 7.01. The van der Waals surface area contributed by atoms with Crippen LogP contribution in [-0.2, 0) is 16.0 Å². The molecule has 26 heavy (non-hydrogen) atoms. The lowest BCUT2D eigenvalue weighted by Gasteiger charge is -2.22. The molecule has 0 saturated heterocycles. The third-order valence-electron chi connectivity index (χ3n) is 4.54. The number of rotatable bonds is 7. The molecule has 0 bridgehead atoms. The van der Waals surface area contributed by atoms with Gasteiger partial charge in [0.15, 0.2) is 0 Å². The van der Waals surface area contributed by atoms with Crippen molar-refractivity contribution >= 4 is 11.8 Å². The summed E-state index contributed by atoms with van der Waals surface area (Å²) in [6, 6.07) is 18.0. The first-order valence-corrected chi connectivity index (χ1v) is 9.08. The van der Waals surface area contributed by atoms with Crippen LogP contribution in [0.3, 0.4) is 0 Å². The highest BCUT2D eigenvalue weighted by molar-refractivity contribution is 5.88. The quantitative estimate of drug-likeness (QED) is 0.802. The lowest BCUT2D eigenvalue weighted by atomic mass is 9.96. The van der Waals surface area contributed by atoms with E-state index in [9.17, 15) is 9.59 Å². The smallest absolute Gasteiger partial charge is 0.242 e. The van der Waals surface area contributed by atoms with Gasteiger partial charge in [-0.3, -0.25) is 9.59 Å². The van der Waals surface area contributed by atoms with Crippen molar-refractivity contribution in [2.45, 2.75) is 33.2 Å². The Morgan fingerprint density at radius 2 is 1.42 bits per heavy atom. The molecule has 0 aliphatic heterocycles. The molecule has 2 rings (SSSR count). The van der Waals surface area contributed by atoms with Crippen molar-refractivity contribution in [3.8, 4) is 11.1 Å². The highest BCUT2D eigenvalue weighted by Crippen LogP contribution is 2.20. The fourth-order valence-electron chi connectivity index (χ4n) is 2.90. The fraction of sp³-hybridized carbons (Fsp3) is 0.364. The molecule has 0 radical (unpaired) electrons. The van der Waals surface area contributed by atoms with Crippen LogP contribution in [0.1, 0.15) is 26.3 Å². The van der Waals surface area contributed by atoms with Crippen LogP contribution >= 0.6 is 0 Å². The molecule has 2 amide bonds. The Morgan fingerprint density at radius 1 is 0.846 bits per heavy atom. The van der Waals surface area contributed by atoms with Gasteiger partial charge in [0, 0.05) is 13.0 Å². The number of benzene rings is 2. The average Bonchev–Trinajstić information content (AvgIpc) is 2.66. The first-order chi connectivity index (χ1) is 12.4. The Bertz CT molecular complexity index is 724. The van der Waals surface area contributed by atoms with Gasteiger partial charge in [-0.15, -0.1) is 0 Å². The van der Waals surface area contributed by atoms with E-state index in [1.807, 2.05) is 39.0 Å². The third kappa shape index (κ3) is 5.19. The molecule has 0 unspecified atom stereocenters. The minimum Gasteiger partial charge on any atom is -0.357 e. The van der Waals surface area contributed by atoms with Crippen LogP contribution in [0.5, 0.6) is 0 Å². The normalized spacial score (nSPS) is 13.1. The number of carbonyl (C=O) groups excluding carboxylic acids is 2. The van der Waals surface area contributed by atoms with Gasteiger partial charge in [0.2, 0.25) is 11.8 Å². The molecule has 2 N–H and O–H groups in total. The van der Waals surface area contributed by atoms with Crippen molar-refractivity contribution in [1.29, 1.82) is 0 Å². The zero-order valence-electron chi connectivity index (χ0n) is 16.0. The second kappa shape index (κ2) is 9.18. The van der Waals surface area contributed by atoms with Gasteiger partial charge in [-0.1, -0.05) is 75.4 Å². The number of amides is 2. The Labute approximate surface area is 156 Å². The highest BCUT2D eigenvalue weighted by atomic mass is 16.2. The number of carbonyl (C=O) groups is 2. The van der Waals surface area contributed by atoms with Gasteiger partial charge in [0.05, 0.1) is 0 Å². The maximum atomic E-state index is 12.5. The second-order valence-corrected chi connectivity index (χ2v) is 7.01. The van der Waals surface area contributed by atoms with E-state index < -0.39 is 6.04 Å². The first-order valence-electron chi connectivity index (χ1n) is 9.08. The van der Waals surface area contributed by atoms with Crippen LogP contribution in [0.25, 0.3) is 11.1 Å². The molecule has 4 heteroatoms. The Kier molecular flexibility index (Phi) is 6.96. The summed E-state index contributed by atoms with van der Waals surface area (Å²) >= 11 is 0. The van der Waals surface area contributed by atoms with Crippen LogP contribution in [0, 0.1) is 11.8 Å². The summed E-state index contributed by atoms with van der Waals surface area (Å²) in [7, 11) is 1.58. The fourth-order valence-corrected chi connectivity index (χ4v) is 2.90. The van der Waals surface area contributed by atoms with Gasteiger partial charge < -0.3 is 10.6 Å². The maximum absolute atomic E-state index is 12.5. The molecule has 0 saturated carbocycles. The van der Waals surface area contributed by atoms with Gasteiger partial charge in [0.1, 0.15) is 6.04 Å². The summed E-state index contributed by atoms with van der Waals surface area (Å²) in [5.41, 5.74) is 3.44. The van der Waals surface area contributed by atoms with Gasteiger partial charge in [0.25, 0.3) is 0 Å². The standard InChI is InChI=1S/C22H28N2O2/c1-15(2)20(22(26)23-4)24-21(25)16(3)14-17-10-12-19(13-11-17)18-8-6-5-7-9-18/h5-13,15-16,20H,14H2,1-4H3,(H,23,26)(H,24,25)/t16-,20-/m0/s1. The van der Waals surface area contributed by atoms with Crippen LogP contribution in [0.15, 0.2) is 54.6 Å². The summed E-state index contributed by atoms with van der Waals surface area (Å²) in [6.45, 7) is 5.74. The summed E-state index contributed by atoms with van der Waals surface area (Å²) < 4.78 is 0. The predicted octanol–water partition coefficient (Wildman–Crippen LogP) is 3.42. The molecule has 4 nitrogen and oxygen atoms in total. The SMILES string of the molecule is CNC(=O)[C@@H](NC(=O)[C@@H](C)Cc1ccc(-c2ccccc2)cc1)C(C)C. The minimum atomic E-state index is -0.504. The van der Waals surface area contributed by atoms with Crippen molar-refractivity contribution in [1.82, 2.24) is 10.6 Å². The molecule has 0 aromatic heterocycles. The van der Waals surface area contributed by atoms with Gasteiger partial charge >= 0.3 is 0 Å². The summed E-state index contributed by atoms with van der Waals surface area (Å²) in [5.74, 6) is -0.424. The Balaban J connectivity index is 1.99. The van der Waals surface area contributed by atoms with Crippen molar-refractivity contribution < 1.29 is 9.59 Å². The molecule has 0 heterocycles. The lowest BCUT2D eigenvalue weighted by molar-refractivity contribution is -0.131. The minimum absolute atomic E-state index is 0.0382. The van der Waals surface area contributed by atoms with E-state index >= 15 is 0 Å². The van der Waals surface area contributed by atoms with E-state index in [1.165, 1.54) is 5.56 Å². The van der Waals surface area contributed by atoms with Crippen LogP contribution in [-0.4, -0.2) is 24.9 Å². The average molecular weight is 352 g/mol. The predicted molar refractivity (Wildman–Crippen MR) is 106 cm³/mol. The van der Waals surface area contributed by atoms with E-state index in [4.69, 9.17) is 0 Å². The van der Waals surface area contributed by atoms with E-state index in [2.05, 4.69) is 47.0 Å². The molecule has 2 aromatic carbocycles. The monoisotopic (exact) mass is 352 g/mol. The molecular formula is C22H28N2O2. The zero-order chi connectivity index (χ0) is 19.1. The molecule has 138 valence electrons. The van der Waals surface area contributed by atoms with Gasteiger partial charge in [-0.2, -0.15) is 0 Å². The maximum Gasteiger partial charge on any atom is 0.242 e. The van der Waals surface area contributed by atoms with E-state index in [1.54, 1.807) is 7.05 Å². The van der Waals surface area contributed by atoms with Crippen molar-refractivity contribution in [2.24, 2.45) is 11.8 Å². The summed E-state index contributed by atoms with van der Waals surface area (Å²) in [5, 5.41) is 5.48. The molecule has 2 aromatic rings. The highest BCUT2D eigenvalue weighted by Gasteiger charge is 2.25. The molecule has 0 aliphatic carbocycles. The topological polar surface area (TPSA) is 58.2 Å². The number of likely N-dealkylation sites (N-methyl/N-ethyl adjacent to an activating group) is 1. The Hall–Kier alpha value is -2.62. The zero-order valence-corrected chi connectivity index (χ0v) is 16.0. The van der Waals surface area contributed by atoms with Crippen LogP contribution in [0.4, 0.5) is 0 Å². The van der Waals surface area contributed by atoms with Crippen LogP contribution in [0.2, 0.25) is 0 Å². The van der Waals surface area contributed by atoms with Gasteiger partial charge in [-0.25, -0.2) is 0 Å². The largest absolute Gasteiger partial charge is 0.357 e. The lowest BCUT2D eigenvalue weighted by Crippen LogP contribution is -2.50. The molecule has 0 aliphatic rings. The third-order valence-corrected chi connectivity index (χ3v) is 4.54. The first kappa shape index (κ1) is 19.7. The van der Waals surface area contributed by atoms with E-state index in [-0.39, 0.29) is 23.7 Å². The van der Waals surface area contributed by atoms with Crippen molar-refractivity contribution in [3.63, 3.8) is 0 Å².